The Balaban J connectivity index is 2.24. The average molecular weight is 459 g/mol. The molecule has 0 unspecified atom stereocenters. The molecular formula is C23H27ClN4O4. The fourth-order valence-corrected chi connectivity index (χ4v) is 3.62. The van der Waals surface area contributed by atoms with Gasteiger partial charge in [0.2, 0.25) is 0 Å². The van der Waals surface area contributed by atoms with Crippen molar-refractivity contribution in [1.82, 2.24) is 14.5 Å². The van der Waals surface area contributed by atoms with Crippen LogP contribution in [0.15, 0.2) is 33.9 Å². The summed E-state index contributed by atoms with van der Waals surface area (Å²) in [5.74, 6) is -0.0809. The number of amides is 1. The number of aromatic nitrogens is 3. The van der Waals surface area contributed by atoms with Crippen molar-refractivity contribution in [3.8, 4) is 5.75 Å². The maximum absolute atomic E-state index is 13.4. The number of para-hydroxylation sites is 1. The van der Waals surface area contributed by atoms with Gasteiger partial charge in [0.1, 0.15) is 0 Å². The van der Waals surface area contributed by atoms with Gasteiger partial charge in [-0.1, -0.05) is 45.4 Å². The number of halogens is 1. The predicted molar refractivity (Wildman–Crippen MR) is 126 cm³/mol. The average Bonchev–Trinajstić information content (AvgIpc) is 2.72. The van der Waals surface area contributed by atoms with Crippen molar-refractivity contribution in [2.75, 3.05) is 11.9 Å². The zero-order valence-electron chi connectivity index (χ0n) is 18.8. The zero-order valence-corrected chi connectivity index (χ0v) is 19.5. The summed E-state index contributed by atoms with van der Waals surface area (Å²) in [7, 11) is 0. The second kappa shape index (κ2) is 9.56. The van der Waals surface area contributed by atoms with Gasteiger partial charge >= 0.3 is 5.69 Å². The van der Waals surface area contributed by atoms with Crippen molar-refractivity contribution in [2.45, 2.75) is 47.1 Å². The molecule has 0 saturated heterocycles. The smallest absolute Gasteiger partial charge is 0.330 e. The Kier molecular flexibility index (Phi) is 7.03. The number of anilines is 1. The Morgan fingerprint density at radius 3 is 2.59 bits per heavy atom. The highest BCUT2D eigenvalue weighted by Crippen LogP contribution is 2.33. The van der Waals surface area contributed by atoms with Crippen LogP contribution in [0.5, 0.6) is 5.75 Å². The van der Waals surface area contributed by atoms with E-state index in [4.69, 9.17) is 16.3 Å². The number of pyridine rings is 1. The van der Waals surface area contributed by atoms with Crippen molar-refractivity contribution in [3.63, 3.8) is 0 Å². The number of nitrogens with one attached hydrogen (secondary N) is 2. The third kappa shape index (κ3) is 4.70. The van der Waals surface area contributed by atoms with Crippen LogP contribution in [0.4, 0.5) is 5.69 Å². The van der Waals surface area contributed by atoms with Crippen molar-refractivity contribution in [3.05, 3.63) is 61.4 Å². The van der Waals surface area contributed by atoms with Crippen LogP contribution in [0.3, 0.4) is 0 Å². The van der Waals surface area contributed by atoms with E-state index in [0.717, 1.165) is 0 Å². The number of fused-ring (bicyclic) bond motifs is 1. The SMILES string of the molecule is CCOc1c(Cl)cccc1NC(=O)c1cc(C(C)C)nc2c1c(=O)[nH]c(=O)n2CC(C)C. The molecule has 2 heterocycles. The number of H-pyrrole nitrogens is 1. The molecule has 170 valence electrons. The molecule has 9 heteroatoms. The first kappa shape index (κ1) is 23.5. The van der Waals surface area contributed by atoms with Gasteiger partial charge in [0.15, 0.2) is 11.4 Å². The van der Waals surface area contributed by atoms with Gasteiger partial charge in [-0.05, 0) is 37.0 Å². The van der Waals surface area contributed by atoms with Crippen molar-refractivity contribution >= 4 is 34.2 Å². The molecular weight excluding hydrogens is 432 g/mol. The van der Waals surface area contributed by atoms with Crippen LogP contribution in [0.2, 0.25) is 5.02 Å². The minimum atomic E-state index is -0.658. The molecule has 2 aromatic heterocycles. The maximum atomic E-state index is 13.4. The monoisotopic (exact) mass is 458 g/mol. The highest BCUT2D eigenvalue weighted by Gasteiger charge is 2.22. The van der Waals surface area contributed by atoms with E-state index in [1.807, 2.05) is 34.6 Å². The first-order chi connectivity index (χ1) is 15.1. The van der Waals surface area contributed by atoms with Gasteiger partial charge in [-0.2, -0.15) is 0 Å². The van der Waals surface area contributed by atoms with E-state index < -0.39 is 17.2 Å². The molecule has 3 aromatic rings. The Labute approximate surface area is 190 Å². The van der Waals surface area contributed by atoms with Gasteiger partial charge in [0.05, 0.1) is 28.3 Å². The molecule has 0 aliphatic carbocycles. The molecule has 1 aromatic carbocycles. The first-order valence-corrected chi connectivity index (χ1v) is 10.9. The molecule has 0 aliphatic heterocycles. The third-order valence-corrected chi connectivity index (χ3v) is 5.15. The van der Waals surface area contributed by atoms with Crippen LogP contribution < -0.4 is 21.3 Å². The molecule has 2 N–H and O–H groups in total. The van der Waals surface area contributed by atoms with Gasteiger partial charge in [-0.15, -0.1) is 0 Å². The van der Waals surface area contributed by atoms with Crippen LogP contribution >= 0.6 is 11.6 Å². The molecule has 0 bridgehead atoms. The number of rotatable bonds is 7. The van der Waals surface area contributed by atoms with Crippen LogP contribution in [-0.4, -0.2) is 27.0 Å². The molecule has 0 radical (unpaired) electrons. The lowest BCUT2D eigenvalue weighted by Crippen LogP contribution is -2.33. The summed E-state index contributed by atoms with van der Waals surface area (Å²) in [5, 5.41) is 3.22. The number of benzene rings is 1. The lowest BCUT2D eigenvalue weighted by Gasteiger charge is -2.17. The molecule has 0 atom stereocenters. The Hall–Kier alpha value is -3.13. The van der Waals surface area contributed by atoms with Crippen LogP contribution in [-0.2, 0) is 6.54 Å². The number of carbonyl (C=O) groups excluding carboxylic acids is 1. The van der Waals surface area contributed by atoms with E-state index in [9.17, 15) is 14.4 Å². The summed E-state index contributed by atoms with van der Waals surface area (Å²) >= 11 is 6.23. The van der Waals surface area contributed by atoms with E-state index >= 15 is 0 Å². The van der Waals surface area contributed by atoms with E-state index in [2.05, 4.69) is 15.3 Å². The number of ether oxygens (including phenoxy) is 1. The molecule has 0 fully saturated rings. The van der Waals surface area contributed by atoms with E-state index in [1.54, 1.807) is 24.3 Å². The summed E-state index contributed by atoms with van der Waals surface area (Å²) in [6.07, 6.45) is 0. The van der Waals surface area contributed by atoms with Crippen molar-refractivity contribution < 1.29 is 9.53 Å². The fourth-order valence-electron chi connectivity index (χ4n) is 3.39. The van der Waals surface area contributed by atoms with Crippen molar-refractivity contribution in [2.24, 2.45) is 5.92 Å². The van der Waals surface area contributed by atoms with Gasteiger partial charge in [-0.3, -0.25) is 19.1 Å². The van der Waals surface area contributed by atoms with Gasteiger partial charge < -0.3 is 10.1 Å². The molecule has 8 nitrogen and oxygen atoms in total. The number of carbonyl (C=O) groups is 1. The Morgan fingerprint density at radius 1 is 1.25 bits per heavy atom. The third-order valence-electron chi connectivity index (χ3n) is 4.86. The number of hydrogen-bond acceptors (Lipinski definition) is 5. The highest BCUT2D eigenvalue weighted by molar-refractivity contribution is 6.32. The predicted octanol–water partition coefficient (Wildman–Crippen LogP) is 4.17. The number of aromatic amines is 1. The van der Waals surface area contributed by atoms with Gasteiger partial charge in [0, 0.05) is 12.2 Å². The summed E-state index contributed by atoms with van der Waals surface area (Å²) < 4.78 is 7.00. The Morgan fingerprint density at radius 2 is 1.97 bits per heavy atom. The number of hydrogen-bond donors (Lipinski definition) is 2. The largest absolute Gasteiger partial charge is 0.490 e. The second-order valence-corrected chi connectivity index (χ2v) is 8.62. The van der Waals surface area contributed by atoms with E-state index in [0.29, 0.717) is 35.3 Å². The minimum Gasteiger partial charge on any atom is -0.490 e. The summed E-state index contributed by atoms with van der Waals surface area (Å²) in [5.41, 5.74) is 0.0898. The molecule has 0 aliphatic rings. The topological polar surface area (TPSA) is 106 Å². The fraction of sp³-hybridized carbons (Fsp3) is 0.391. The molecule has 32 heavy (non-hydrogen) atoms. The summed E-state index contributed by atoms with van der Waals surface area (Å²) in [6, 6.07) is 6.61. The molecule has 1 amide bonds. The standard InChI is InChI=1S/C23H27ClN4O4/c1-6-32-19-15(24)8-7-9-16(19)26-21(29)14-10-17(13(4)5)25-20-18(14)22(30)27-23(31)28(20)11-12(2)3/h7-10,12-13H,6,11H2,1-5H3,(H,26,29)(H,27,30,31). The summed E-state index contributed by atoms with van der Waals surface area (Å²) in [4.78, 5) is 45.6. The van der Waals surface area contributed by atoms with E-state index in [1.165, 1.54) is 4.57 Å². The highest BCUT2D eigenvalue weighted by atomic mass is 35.5. The lowest BCUT2D eigenvalue weighted by atomic mass is 10.0. The lowest BCUT2D eigenvalue weighted by molar-refractivity contribution is 0.102. The van der Waals surface area contributed by atoms with Crippen LogP contribution in [0.25, 0.3) is 11.0 Å². The first-order valence-electron chi connectivity index (χ1n) is 10.5. The normalized spacial score (nSPS) is 11.4. The minimum absolute atomic E-state index is 0.0296. The second-order valence-electron chi connectivity index (χ2n) is 8.22. The molecule has 3 rings (SSSR count). The van der Waals surface area contributed by atoms with Crippen LogP contribution in [0, 0.1) is 5.92 Å². The van der Waals surface area contributed by atoms with Gasteiger partial charge in [0.25, 0.3) is 11.5 Å². The summed E-state index contributed by atoms with van der Waals surface area (Å²) in [6.45, 7) is 10.3. The molecule has 0 saturated carbocycles. The van der Waals surface area contributed by atoms with Crippen LogP contribution in [0.1, 0.15) is 56.6 Å². The maximum Gasteiger partial charge on any atom is 0.330 e. The van der Waals surface area contributed by atoms with E-state index in [-0.39, 0.29) is 28.4 Å². The zero-order chi connectivity index (χ0) is 23.6. The van der Waals surface area contributed by atoms with Gasteiger partial charge in [-0.25, -0.2) is 9.78 Å². The number of nitrogens with zero attached hydrogens (tertiary/aromatic N) is 2. The van der Waals surface area contributed by atoms with Crippen molar-refractivity contribution in [1.29, 1.82) is 0 Å². The molecule has 0 spiro atoms. The Bertz CT molecular complexity index is 1280. The quantitative estimate of drug-likeness (QED) is 0.552.